The lowest BCUT2D eigenvalue weighted by Gasteiger charge is -2.12. The van der Waals surface area contributed by atoms with E-state index in [-0.39, 0.29) is 5.95 Å². The molecule has 2 heterocycles. The fraction of sp³-hybridized carbons (Fsp3) is 0.143. The summed E-state index contributed by atoms with van der Waals surface area (Å²) in [5.41, 5.74) is 6.62. The molecular weight excluding hydrogens is 252 g/mol. The Bertz CT molecular complexity index is 763. The molecule has 0 saturated carbocycles. The summed E-state index contributed by atoms with van der Waals surface area (Å²) in [6.45, 7) is 0. The topological polar surface area (TPSA) is 80.8 Å². The molecule has 0 saturated heterocycles. The first-order valence-corrected chi connectivity index (χ1v) is 6.17. The number of hydrogen-bond donors (Lipinski definition) is 1. The zero-order chi connectivity index (χ0) is 14.1. The van der Waals surface area contributed by atoms with Crippen LogP contribution in [0.1, 0.15) is 0 Å². The first-order valence-electron chi connectivity index (χ1n) is 6.17. The minimum Gasteiger partial charge on any atom is -0.368 e. The van der Waals surface area contributed by atoms with Gasteiger partial charge in [0.1, 0.15) is 0 Å². The van der Waals surface area contributed by atoms with E-state index >= 15 is 0 Å². The number of benzene rings is 1. The van der Waals surface area contributed by atoms with Gasteiger partial charge in [-0.3, -0.25) is 4.98 Å². The van der Waals surface area contributed by atoms with Crippen molar-refractivity contribution in [3.63, 3.8) is 0 Å². The summed E-state index contributed by atoms with van der Waals surface area (Å²) in [5.74, 6) is 1.26. The van der Waals surface area contributed by atoms with Gasteiger partial charge in [0.25, 0.3) is 0 Å². The Morgan fingerprint density at radius 2 is 1.80 bits per heavy atom. The highest BCUT2D eigenvalue weighted by Crippen LogP contribution is 2.25. The van der Waals surface area contributed by atoms with Gasteiger partial charge in [0, 0.05) is 37.4 Å². The number of nitrogen functional groups attached to an aromatic ring is 1. The molecule has 0 amide bonds. The molecule has 100 valence electrons. The van der Waals surface area contributed by atoms with Gasteiger partial charge in [-0.1, -0.05) is 24.3 Å². The second-order valence-corrected chi connectivity index (χ2v) is 4.62. The number of nitrogens with two attached hydrogens (primary N) is 1. The maximum absolute atomic E-state index is 5.77. The maximum atomic E-state index is 5.77. The van der Waals surface area contributed by atoms with Crippen molar-refractivity contribution in [2.45, 2.75) is 0 Å². The number of pyridine rings is 1. The second kappa shape index (κ2) is 4.73. The Morgan fingerprint density at radius 3 is 2.60 bits per heavy atom. The van der Waals surface area contributed by atoms with Crippen LogP contribution in [0.4, 0.5) is 11.9 Å². The van der Waals surface area contributed by atoms with E-state index in [0.29, 0.717) is 11.8 Å². The molecule has 2 N–H and O–H groups in total. The molecule has 1 aromatic carbocycles. The number of anilines is 2. The van der Waals surface area contributed by atoms with Crippen molar-refractivity contribution in [1.82, 2.24) is 19.9 Å². The third kappa shape index (κ3) is 2.11. The van der Waals surface area contributed by atoms with E-state index in [0.717, 1.165) is 16.3 Å². The highest BCUT2D eigenvalue weighted by Gasteiger charge is 2.11. The summed E-state index contributed by atoms with van der Waals surface area (Å²) < 4.78 is 0. The molecule has 6 heteroatoms. The molecule has 0 unspecified atom stereocenters. The summed E-state index contributed by atoms with van der Waals surface area (Å²) in [6, 6.07) is 7.97. The fourth-order valence-corrected chi connectivity index (χ4v) is 2.00. The molecule has 0 bridgehead atoms. The zero-order valence-electron chi connectivity index (χ0n) is 11.3. The third-order valence-electron chi connectivity index (χ3n) is 2.95. The van der Waals surface area contributed by atoms with Crippen LogP contribution in [0.3, 0.4) is 0 Å². The van der Waals surface area contributed by atoms with Gasteiger partial charge in [-0.25, -0.2) is 0 Å². The van der Waals surface area contributed by atoms with Gasteiger partial charge in [-0.15, -0.1) is 0 Å². The van der Waals surface area contributed by atoms with Crippen molar-refractivity contribution in [3.05, 3.63) is 36.7 Å². The standard InChI is InChI=1S/C14H14N6/c1-20(2)14-18-12(17-13(15)19-14)11-8-16-7-9-5-3-4-6-10(9)11/h3-8H,1-2H3,(H2,15,17,18,19). The Balaban J connectivity index is 2.25. The quantitative estimate of drug-likeness (QED) is 0.761. The fourth-order valence-electron chi connectivity index (χ4n) is 2.00. The first kappa shape index (κ1) is 12.3. The lowest BCUT2D eigenvalue weighted by Crippen LogP contribution is -2.15. The average Bonchev–Trinajstić information content (AvgIpc) is 2.46. The molecular formula is C14H14N6. The lowest BCUT2D eigenvalue weighted by molar-refractivity contribution is 0.970. The highest BCUT2D eigenvalue weighted by atomic mass is 15.3. The minimum absolute atomic E-state index is 0.201. The largest absolute Gasteiger partial charge is 0.368 e. The third-order valence-corrected chi connectivity index (χ3v) is 2.95. The van der Waals surface area contributed by atoms with E-state index < -0.39 is 0 Å². The number of hydrogen-bond acceptors (Lipinski definition) is 6. The molecule has 20 heavy (non-hydrogen) atoms. The van der Waals surface area contributed by atoms with Crippen LogP contribution < -0.4 is 10.6 Å². The van der Waals surface area contributed by atoms with Gasteiger partial charge in [0.05, 0.1) is 0 Å². The Morgan fingerprint density at radius 1 is 1.00 bits per heavy atom. The predicted octanol–water partition coefficient (Wildman–Crippen LogP) is 1.73. The average molecular weight is 266 g/mol. The summed E-state index contributed by atoms with van der Waals surface area (Å²) in [5, 5.41) is 2.08. The van der Waals surface area contributed by atoms with Crippen molar-refractivity contribution < 1.29 is 0 Å². The van der Waals surface area contributed by atoms with Gasteiger partial charge in [0.15, 0.2) is 5.82 Å². The van der Waals surface area contributed by atoms with Crippen molar-refractivity contribution in [2.75, 3.05) is 24.7 Å². The molecule has 2 aromatic heterocycles. The first-order chi connectivity index (χ1) is 9.65. The molecule has 0 radical (unpaired) electrons. The van der Waals surface area contributed by atoms with E-state index in [9.17, 15) is 0 Å². The van der Waals surface area contributed by atoms with Gasteiger partial charge in [-0.2, -0.15) is 15.0 Å². The summed E-state index contributed by atoms with van der Waals surface area (Å²) in [7, 11) is 3.72. The Kier molecular flexibility index (Phi) is 2.90. The van der Waals surface area contributed by atoms with E-state index in [1.54, 1.807) is 11.1 Å². The monoisotopic (exact) mass is 266 g/mol. The van der Waals surface area contributed by atoms with Crippen LogP contribution in [0, 0.1) is 0 Å². The van der Waals surface area contributed by atoms with Crippen LogP contribution in [0.15, 0.2) is 36.7 Å². The van der Waals surface area contributed by atoms with E-state index in [1.807, 2.05) is 44.6 Å². The predicted molar refractivity (Wildman–Crippen MR) is 79.3 cm³/mol. The molecule has 6 nitrogen and oxygen atoms in total. The van der Waals surface area contributed by atoms with Gasteiger partial charge >= 0.3 is 0 Å². The molecule has 3 aromatic rings. The second-order valence-electron chi connectivity index (χ2n) is 4.62. The molecule has 0 spiro atoms. The van der Waals surface area contributed by atoms with Crippen LogP contribution in [0.25, 0.3) is 22.2 Å². The minimum atomic E-state index is 0.201. The molecule has 0 aliphatic carbocycles. The summed E-state index contributed by atoms with van der Waals surface area (Å²) in [6.07, 6.45) is 3.56. The van der Waals surface area contributed by atoms with Gasteiger partial charge < -0.3 is 10.6 Å². The van der Waals surface area contributed by atoms with E-state index in [2.05, 4.69) is 19.9 Å². The van der Waals surface area contributed by atoms with Gasteiger partial charge in [-0.05, 0) is 5.39 Å². The normalized spacial score (nSPS) is 10.7. The smallest absolute Gasteiger partial charge is 0.230 e. The van der Waals surface area contributed by atoms with Crippen molar-refractivity contribution in [2.24, 2.45) is 0 Å². The zero-order valence-corrected chi connectivity index (χ0v) is 11.3. The molecule has 0 aliphatic heterocycles. The Labute approximate surface area is 116 Å². The highest BCUT2D eigenvalue weighted by molar-refractivity contribution is 5.94. The van der Waals surface area contributed by atoms with Crippen LogP contribution in [-0.2, 0) is 0 Å². The maximum Gasteiger partial charge on any atom is 0.230 e. The lowest BCUT2D eigenvalue weighted by atomic mass is 10.1. The van der Waals surface area contributed by atoms with Crippen molar-refractivity contribution >= 4 is 22.7 Å². The number of aromatic nitrogens is 4. The van der Waals surface area contributed by atoms with Crippen molar-refractivity contribution in [3.8, 4) is 11.4 Å². The van der Waals surface area contributed by atoms with E-state index in [1.165, 1.54) is 0 Å². The van der Waals surface area contributed by atoms with Gasteiger partial charge in [0.2, 0.25) is 11.9 Å². The van der Waals surface area contributed by atoms with Crippen molar-refractivity contribution in [1.29, 1.82) is 0 Å². The number of rotatable bonds is 2. The van der Waals surface area contributed by atoms with Crippen LogP contribution in [-0.4, -0.2) is 34.0 Å². The number of nitrogens with zero attached hydrogens (tertiary/aromatic N) is 5. The van der Waals surface area contributed by atoms with Crippen LogP contribution in [0.5, 0.6) is 0 Å². The number of fused-ring (bicyclic) bond motifs is 1. The molecule has 0 atom stereocenters. The molecule has 0 fully saturated rings. The summed E-state index contributed by atoms with van der Waals surface area (Å²) >= 11 is 0. The Hall–Kier alpha value is -2.76. The van der Waals surface area contributed by atoms with E-state index in [4.69, 9.17) is 5.73 Å². The summed E-state index contributed by atoms with van der Waals surface area (Å²) in [4.78, 5) is 18.8. The SMILES string of the molecule is CN(C)c1nc(N)nc(-c2cncc3ccccc23)n1. The molecule has 3 rings (SSSR count). The molecule has 0 aliphatic rings. The van der Waals surface area contributed by atoms with Crippen LogP contribution >= 0.6 is 0 Å². The van der Waals surface area contributed by atoms with Crippen LogP contribution in [0.2, 0.25) is 0 Å².